The minimum atomic E-state index is -3.58. The van der Waals surface area contributed by atoms with Gasteiger partial charge >= 0.3 is 0 Å². The van der Waals surface area contributed by atoms with E-state index in [1.165, 1.54) is 23.5 Å². The highest BCUT2D eigenvalue weighted by Crippen LogP contribution is 2.20. The van der Waals surface area contributed by atoms with E-state index in [4.69, 9.17) is 0 Å². The molecule has 8 heteroatoms. The first-order valence-corrected chi connectivity index (χ1v) is 8.09. The Kier molecular flexibility index (Phi) is 3.81. The van der Waals surface area contributed by atoms with Crippen LogP contribution in [0.1, 0.15) is 10.0 Å². The number of nitrogens with zero attached hydrogens (tertiary/aromatic N) is 2. The summed E-state index contributed by atoms with van der Waals surface area (Å²) in [6.07, 6.45) is 0.975. The quantitative estimate of drug-likeness (QED) is 0.935. The highest BCUT2D eigenvalue weighted by Gasteiger charge is 2.14. The number of sulfone groups is 1. The standard InChI is InChI=1S/C11H12FN3O2S2/c1-7-14-15-11(18-7)6-13-8-3-4-9(12)10(5-8)19(2,16)17/h3-5,13H,6H2,1-2H3. The maximum absolute atomic E-state index is 13.4. The van der Waals surface area contributed by atoms with Crippen molar-refractivity contribution in [2.45, 2.75) is 18.4 Å². The van der Waals surface area contributed by atoms with Gasteiger partial charge in [0.25, 0.3) is 0 Å². The lowest BCUT2D eigenvalue weighted by molar-refractivity contribution is 0.571. The third-order valence-electron chi connectivity index (χ3n) is 2.34. The van der Waals surface area contributed by atoms with Crippen molar-refractivity contribution in [3.63, 3.8) is 0 Å². The summed E-state index contributed by atoms with van der Waals surface area (Å²) in [7, 11) is -3.58. The second-order valence-electron chi connectivity index (χ2n) is 3.99. The van der Waals surface area contributed by atoms with Gasteiger partial charge in [-0.25, -0.2) is 12.8 Å². The fourth-order valence-electron chi connectivity index (χ4n) is 1.48. The van der Waals surface area contributed by atoms with Gasteiger partial charge in [0.05, 0.1) is 6.54 Å². The number of hydrogen-bond acceptors (Lipinski definition) is 6. The molecule has 2 aromatic rings. The lowest BCUT2D eigenvalue weighted by atomic mass is 10.3. The van der Waals surface area contributed by atoms with Crippen LogP contribution in [0.2, 0.25) is 0 Å². The van der Waals surface area contributed by atoms with Crippen LogP contribution < -0.4 is 5.32 Å². The normalized spacial score (nSPS) is 11.5. The zero-order chi connectivity index (χ0) is 14.0. The van der Waals surface area contributed by atoms with Crippen molar-refractivity contribution in [3.05, 3.63) is 34.0 Å². The van der Waals surface area contributed by atoms with Crippen LogP contribution in [0, 0.1) is 12.7 Å². The zero-order valence-electron chi connectivity index (χ0n) is 10.3. The number of anilines is 1. The van der Waals surface area contributed by atoms with Crippen molar-refractivity contribution in [1.82, 2.24) is 10.2 Å². The fraction of sp³-hybridized carbons (Fsp3) is 0.273. The number of nitrogens with one attached hydrogen (secondary N) is 1. The summed E-state index contributed by atoms with van der Waals surface area (Å²) in [5.41, 5.74) is 0.523. The third kappa shape index (κ3) is 3.48. The van der Waals surface area contributed by atoms with Gasteiger partial charge in [-0.15, -0.1) is 10.2 Å². The largest absolute Gasteiger partial charge is 0.378 e. The molecule has 0 aliphatic rings. The maximum Gasteiger partial charge on any atom is 0.178 e. The van der Waals surface area contributed by atoms with Crippen LogP contribution in [0.3, 0.4) is 0 Å². The van der Waals surface area contributed by atoms with Crippen LogP contribution in [0.4, 0.5) is 10.1 Å². The van der Waals surface area contributed by atoms with E-state index in [2.05, 4.69) is 15.5 Å². The molecule has 0 amide bonds. The fourth-order valence-corrected chi connectivity index (χ4v) is 2.90. The number of aryl methyl sites for hydroxylation is 1. The second kappa shape index (κ2) is 5.22. The van der Waals surface area contributed by atoms with Gasteiger partial charge in [0.15, 0.2) is 9.84 Å². The van der Waals surface area contributed by atoms with Crippen molar-refractivity contribution >= 4 is 26.9 Å². The van der Waals surface area contributed by atoms with E-state index in [9.17, 15) is 12.8 Å². The molecular weight excluding hydrogens is 289 g/mol. The second-order valence-corrected chi connectivity index (χ2v) is 7.24. The maximum atomic E-state index is 13.4. The van der Waals surface area contributed by atoms with Gasteiger partial charge in [-0.3, -0.25) is 0 Å². The average molecular weight is 301 g/mol. The summed E-state index contributed by atoms with van der Waals surface area (Å²) in [6.45, 7) is 2.27. The number of benzene rings is 1. The van der Waals surface area contributed by atoms with Gasteiger partial charge in [0, 0.05) is 11.9 Å². The lowest BCUT2D eigenvalue weighted by Gasteiger charge is -2.06. The minimum absolute atomic E-state index is 0.314. The Hall–Kier alpha value is -1.54. The molecule has 0 fully saturated rings. The van der Waals surface area contributed by atoms with Gasteiger partial charge in [-0.05, 0) is 25.1 Å². The van der Waals surface area contributed by atoms with E-state index < -0.39 is 15.7 Å². The number of hydrogen-bond donors (Lipinski definition) is 1. The zero-order valence-corrected chi connectivity index (χ0v) is 12.0. The van der Waals surface area contributed by atoms with Gasteiger partial charge in [-0.2, -0.15) is 0 Å². The molecule has 1 N–H and O–H groups in total. The minimum Gasteiger partial charge on any atom is -0.378 e. The monoisotopic (exact) mass is 301 g/mol. The molecule has 0 aliphatic heterocycles. The van der Waals surface area contributed by atoms with E-state index in [0.717, 1.165) is 22.3 Å². The molecule has 1 aromatic heterocycles. The van der Waals surface area contributed by atoms with Crippen molar-refractivity contribution < 1.29 is 12.8 Å². The van der Waals surface area contributed by atoms with Crippen molar-refractivity contribution in [2.24, 2.45) is 0 Å². The Morgan fingerprint density at radius 3 is 2.68 bits per heavy atom. The van der Waals surface area contributed by atoms with E-state index >= 15 is 0 Å². The van der Waals surface area contributed by atoms with Gasteiger partial charge < -0.3 is 5.32 Å². The van der Waals surface area contributed by atoms with E-state index in [0.29, 0.717) is 12.2 Å². The Balaban J connectivity index is 2.18. The lowest BCUT2D eigenvalue weighted by Crippen LogP contribution is -2.04. The molecule has 2 rings (SSSR count). The number of halogens is 1. The van der Waals surface area contributed by atoms with Crippen molar-refractivity contribution in [3.8, 4) is 0 Å². The molecule has 0 unspecified atom stereocenters. The molecular formula is C11H12FN3O2S2. The predicted molar refractivity (Wildman–Crippen MR) is 71.5 cm³/mol. The first kappa shape index (κ1) is 13.9. The number of aromatic nitrogens is 2. The summed E-state index contributed by atoms with van der Waals surface area (Å²) in [5, 5.41) is 12.4. The number of rotatable bonds is 4. The molecule has 0 aliphatic carbocycles. The highest BCUT2D eigenvalue weighted by atomic mass is 32.2. The molecule has 0 saturated carbocycles. The first-order chi connectivity index (χ1) is 8.86. The average Bonchev–Trinajstić information content (AvgIpc) is 2.72. The molecule has 0 spiro atoms. The Labute approximate surface area is 114 Å². The van der Waals surface area contributed by atoms with Crippen LogP contribution in [-0.2, 0) is 16.4 Å². The molecule has 1 aromatic carbocycles. The van der Waals surface area contributed by atoms with Crippen molar-refractivity contribution in [1.29, 1.82) is 0 Å². The van der Waals surface area contributed by atoms with Crippen LogP contribution in [0.5, 0.6) is 0 Å². The van der Waals surface area contributed by atoms with Crippen LogP contribution in [0.15, 0.2) is 23.1 Å². The molecule has 1 heterocycles. The van der Waals surface area contributed by atoms with E-state index in [1.807, 2.05) is 6.92 Å². The summed E-state index contributed by atoms with van der Waals surface area (Å²) < 4.78 is 36.2. The van der Waals surface area contributed by atoms with Crippen molar-refractivity contribution in [2.75, 3.05) is 11.6 Å². The molecule has 102 valence electrons. The summed E-state index contributed by atoms with van der Waals surface area (Å²) in [6, 6.07) is 3.89. The van der Waals surface area contributed by atoms with Crippen LogP contribution >= 0.6 is 11.3 Å². The molecule has 0 bridgehead atoms. The van der Waals surface area contributed by atoms with E-state index in [-0.39, 0.29) is 4.90 Å². The summed E-state index contributed by atoms with van der Waals surface area (Å²) >= 11 is 1.44. The Bertz CT molecular complexity index is 698. The van der Waals surface area contributed by atoms with Gasteiger partial charge in [0.2, 0.25) is 0 Å². The first-order valence-electron chi connectivity index (χ1n) is 5.39. The van der Waals surface area contributed by atoms with E-state index in [1.54, 1.807) is 0 Å². The summed E-state index contributed by atoms with van der Waals surface area (Å²) in [4.78, 5) is -0.314. The molecule has 19 heavy (non-hydrogen) atoms. The smallest absolute Gasteiger partial charge is 0.178 e. The highest BCUT2D eigenvalue weighted by molar-refractivity contribution is 7.90. The predicted octanol–water partition coefficient (Wildman–Crippen LogP) is 2.00. The Morgan fingerprint density at radius 2 is 2.11 bits per heavy atom. The van der Waals surface area contributed by atoms with Crippen LogP contribution in [-0.4, -0.2) is 24.9 Å². The topological polar surface area (TPSA) is 72.0 Å². The van der Waals surface area contributed by atoms with Gasteiger partial charge in [0.1, 0.15) is 20.7 Å². The molecule has 0 saturated heterocycles. The third-order valence-corrected chi connectivity index (χ3v) is 4.29. The van der Waals surface area contributed by atoms with Crippen LogP contribution in [0.25, 0.3) is 0 Å². The molecule has 5 nitrogen and oxygen atoms in total. The molecule has 0 atom stereocenters. The molecule has 0 radical (unpaired) electrons. The SMILES string of the molecule is Cc1nnc(CNc2ccc(F)c(S(C)(=O)=O)c2)s1. The van der Waals surface area contributed by atoms with Gasteiger partial charge in [-0.1, -0.05) is 11.3 Å². The Morgan fingerprint density at radius 1 is 1.37 bits per heavy atom. The summed E-state index contributed by atoms with van der Waals surface area (Å²) in [5.74, 6) is -0.750.